The maximum absolute atomic E-state index is 4.89. The van der Waals surface area contributed by atoms with Gasteiger partial charge in [0, 0.05) is 0 Å². The maximum atomic E-state index is 4.89. The first kappa shape index (κ1) is 7.49. The predicted molar refractivity (Wildman–Crippen MR) is 49.4 cm³/mol. The summed E-state index contributed by atoms with van der Waals surface area (Å²) in [5.41, 5.74) is 0. The fraction of sp³-hybridized carbons (Fsp3) is 0. The van der Waals surface area contributed by atoms with Crippen LogP contribution in [0.3, 0.4) is 0 Å². The van der Waals surface area contributed by atoms with E-state index in [0.717, 1.165) is 3.57 Å². The summed E-state index contributed by atoms with van der Waals surface area (Å²) < 4.78 is 1.59. The Morgan fingerprint density at radius 2 is 2.44 bits per heavy atom. The lowest BCUT2D eigenvalue weighted by Gasteiger charge is -1.91. The molecular weight excluding hydrogens is 267 g/mol. The Labute approximate surface area is 76.6 Å². The van der Waals surface area contributed by atoms with Crippen molar-refractivity contribution in [1.29, 1.82) is 0 Å². The van der Waals surface area contributed by atoms with Crippen LogP contribution >= 0.6 is 47.4 Å². The van der Waals surface area contributed by atoms with Gasteiger partial charge in [0.15, 0.2) is 0 Å². The summed E-state index contributed by atoms with van der Waals surface area (Å²) in [4.78, 5) is 6.66. The molecule has 2 nitrogen and oxygen atoms in total. The number of nitrogens with zero attached hydrogens (tertiary/aromatic N) is 1. The summed E-state index contributed by atoms with van der Waals surface area (Å²) in [7, 11) is 0. The molecule has 0 aliphatic carbocycles. The number of aromatic nitrogens is 2. The Morgan fingerprint density at radius 1 is 1.78 bits per heavy atom. The highest BCUT2D eigenvalue weighted by Crippen LogP contribution is 2.11. The molecule has 0 spiro atoms. The largest absolute Gasteiger partial charge is 0.336 e. The van der Waals surface area contributed by atoms with Gasteiger partial charge in [-0.1, -0.05) is 12.2 Å². The maximum Gasteiger partial charge on any atom is 0.120 e. The molecular formula is C4H3IN2S2. The topological polar surface area (TPSA) is 28.7 Å². The van der Waals surface area contributed by atoms with Crippen molar-refractivity contribution >= 4 is 47.4 Å². The SMILES string of the molecule is S=c1[nH]cnc(S)c1I. The minimum absolute atomic E-state index is 0.680. The van der Waals surface area contributed by atoms with Gasteiger partial charge in [-0.15, -0.1) is 12.6 Å². The molecule has 0 amide bonds. The zero-order valence-electron chi connectivity index (χ0n) is 4.26. The van der Waals surface area contributed by atoms with Crippen LogP contribution in [0.5, 0.6) is 0 Å². The third-order valence-electron chi connectivity index (χ3n) is 0.778. The standard InChI is InChI=1S/C4H3IN2S2/c5-2-3(8)6-1-7-4(2)9/h1H,(H2,6,7,8,9). The second-order valence-corrected chi connectivity index (χ2v) is 3.28. The number of rotatable bonds is 0. The van der Waals surface area contributed by atoms with Crippen LogP contribution in [0.15, 0.2) is 11.4 Å². The van der Waals surface area contributed by atoms with Gasteiger partial charge in [-0.2, -0.15) is 0 Å². The van der Waals surface area contributed by atoms with Crippen LogP contribution in [0, 0.1) is 8.21 Å². The monoisotopic (exact) mass is 270 g/mol. The molecule has 0 atom stereocenters. The molecule has 1 N–H and O–H groups in total. The summed E-state index contributed by atoms with van der Waals surface area (Å²) in [6, 6.07) is 0. The van der Waals surface area contributed by atoms with Crippen LogP contribution in [-0.2, 0) is 0 Å². The minimum Gasteiger partial charge on any atom is -0.336 e. The lowest BCUT2D eigenvalue weighted by atomic mass is 10.7. The smallest absolute Gasteiger partial charge is 0.120 e. The first-order chi connectivity index (χ1) is 4.22. The number of hydrogen-bond acceptors (Lipinski definition) is 3. The van der Waals surface area contributed by atoms with Crippen LogP contribution in [0.2, 0.25) is 0 Å². The molecule has 1 heterocycles. The van der Waals surface area contributed by atoms with E-state index in [2.05, 4.69) is 45.2 Å². The molecule has 1 aromatic heterocycles. The zero-order chi connectivity index (χ0) is 6.85. The Kier molecular flexibility index (Phi) is 2.48. The fourth-order valence-corrected chi connectivity index (χ4v) is 1.06. The molecule has 0 saturated carbocycles. The van der Waals surface area contributed by atoms with Crippen LogP contribution in [-0.4, -0.2) is 9.97 Å². The van der Waals surface area contributed by atoms with Crippen LogP contribution < -0.4 is 0 Å². The van der Waals surface area contributed by atoms with Gasteiger partial charge < -0.3 is 4.98 Å². The molecule has 0 saturated heterocycles. The second kappa shape index (κ2) is 2.98. The van der Waals surface area contributed by atoms with Crippen molar-refractivity contribution in [1.82, 2.24) is 9.97 Å². The number of thiol groups is 1. The van der Waals surface area contributed by atoms with Crippen LogP contribution in [0.1, 0.15) is 0 Å². The minimum atomic E-state index is 0.680. The number of H-pyrrole nitrogens is 1. The summed E-state index contributed by atoms with van der Waals surface area (Å²) in [6.45, 7) is 0. The Hall–Kier alpha value is 0.380. The van der Waals surface area contributed by atoms with Crippen molar-refractivity contribution in [2.75, 3.05) is 0 Å². The Bertz CT molecular complexity index is 270. The van der Waals surface area contributed by atoms with Gasteiger partial charge in [0.1, 0.15) is 9.67 Å². The number of hydrogen-bond donors (Lipinski definition) is 2. The fourth-order valence-electron chi connectivity index (χ4n) is 0.374. The van der Waals surface area contributed by atoms with Gasteiger partial charge in [0.2, 0.25) is 0 Å². The van der Waals surface area contributed by atoms with Gasteiger partial charge in [-0.05, 0) is 22.6 Å². The van der Waals surface area contributed by atoms with Gasteiger partial charge in [0.25, 0.3) is 0 Å². The summed E-state index contributed by atoms with van der Waals surface area (Å²) in [5.74, 6) is 0. The molecule has 9 heavy (non-hydrogen) atoms. The van der Waals surface area contributed by atoms with Crippen molar-refractivity contribution < 1.29 is 0 Å². The Balaban J connectivity index is 3.43. The third-order valence-corrected chi connectivity index (χ3v) is 3.28. The van der Waals surface area contributed by atoms with Gasteiger partial charge in [0.05, 0.1) is 9.90 Å². The van der Waals surface area contributed by atoms with E-state index in [1.165, 1.54) is 6.33 Å². The first-order valence-electron chi connectivity index (χ1n) is 2.14. The average Bonchev–Trinajstić information content (AvgIpc) is 1.83. The van der Waals surface area contributed by atoms with Crippen LogP contribution in [0.4, 0.5) is 0 Å². The normalized spacial score (nSPS) is 9.56. The van der Waals surface area contributed by atoms with E-state index in [9.17, 15) is 0 Å². The van der Waals surface area contributed by atoms with Gasteiger partial charge >= 0.3 is 0 Å². The number of halogens is 1. The second-order valence-electron chi connectivity index (χ2n) is 1.37. The van der Waals surface area contributed by atoms with E-state index in [1.54, 1.807) is 0 Å². The quantitative estimate of drug-likeness (QED) is 0.327. The molecule has 48 valence electrons. The molecule has 0 aromatic carbocycles. The molecule has 0 aliphatic rings. The Morgan fingerprint density at radius 3 is 2.89 bits per heavy atom. The molecule has 0 aliphatic heterocycles. The van der Waals surface area contributed by atoms with Crippen molar-refractivity contribution in [3.8, 4) is 0 Å². The number of aromatic amines is 1. The van der Waals surface area contributed by atoms with E-state index < -0.39 is 0 Å². The molecule has 1 aromatic rings. The lowest BCUT2D eigenvalue weighted by molar-refractivity contribution is 1.02. The third kappa shape index (κ3) is 1.65. The summed E-state index contributed by atoms with van der Waals surface area (Å²) in [6.07, 6.45) is 1.53. The molecule has 0 fully saturated rings. The van der Waals surface area contributed by atoms with Crippen molar-refractivity contribution in [2.24, 2.45) is 0 Å². The highest BCUT2D eigenvalue weighted by atomic mass is 127. The molecule has 5 heteroatoms. The highest BCUT2D eigenvalue weighted by Gasteiger charge is 1.94. The molecule has 1 rings (SSSR count). The summed E-state index contributed by atoms with van der Waals surface area (Å²) in [5, 5.41) is 0.680. The van der Waals surface area contributed by atoms with E-state index in [0.29, 0.717) is 9.67 Å². The predicted octanol–water partition coefficient (Wildman–Crippen LogP) is 2.03. The van der Waals surface area contributed by atoms with E-state index in [4.69, 9.17) is 12.2 Å². The van der Waals surface area contributed by atoms with Crippen molar-refractivity contribution in [3.05, 3.63) is 14.5 Å². The molecule has 0 radical (unpaired) electrons. The van der Waals surface area contributed by atoms with Gasteiger partial charge in [-0.25, -0.2) is 4.98 Å². The zero-order valence-corrected chi connectivity index (χ0v) is 8.13. The van der Waals surface area contributed by atoms with E-state index >= 15 is 0 Å². The number of nitrogens with one attached hydrogen (secondary N) is 1. The molecule has 0 bridgehead atoms. The van der Waals surface area contributed by atoms with Crippen molar-refractivity contribution in [2.45, 2.75) is 5.03 Å². The van der Waals surface area contributed by atoms with Gasteiger partial charge in [-0.3, -0.25) is 0 Å². The first-order valence-corrected chi connectivity index (χ1v) is 4.07. The molecule has 0 unspecified atom stereocenters. The van der Waals surface area contributed by atoms with E-state index in [1.807, 2.05) is 0 Å². The highest BCUT2D eigenvalue weighted by molar-refractivity contribution is 14.1. The summed E-state index contributed by atoms with van der Waals surface area (Å²) >= 11 is 11.0. The van der Waals surface area contributed by atoms with E-state index in [-0.39, 0.29) is 0 Å². The average molecular weight is 270 g/mol. The van der Waals surface area contributed by atoms with Crippen LogP contribution in [0.25, 0.3) is 0 Å². The lowest BCUT2D eigenvalue weighted by Crippen LogP contribution is -1.84. The van der Waals surface area contributed by atoms with Crippen molar-refractivity contribution in [3.63, 3.8) is 0 Å².